The van der Waals surface area contributed by atoms with Gasteiger partial charge in [0.1, 0.15) is 0 Å². The maximum absolute atomic E-state index is 8.66. The first-order valence-electron chi connectivity index (χ1n) is 4.81. The van der Waals surface area contributed by atoms with Crippen LogP contribution < -0.4 is 4.90 Å². The van der Waals surface area contributed by atoms with Crippen molar-refractivity contribution in [3.05, 3.63) is 28.7 Å². The van der Waals surface area contributed by atoms with Crippen molar-refractivity contribution < 1.29 is 5.11 Å². The van der Waals surface area contributed by atoms with Gasteiger partial charge in [0, 0.05) is 30.4 Å². The predicted octanol–water partition coefficient (Wildman–Crippen LogP) is 2.66. The van der Waals surface area contributed by atoms with Crippen LogP contribution in [0.3, 0.4) is 0 Å². The van der Waals surface area contributed by atoms with E-state index >= 15 is 0 Å². The number of aliphatic hydroxyl groups excluding tert-OH is 1. The normalized spacial score (nSPS) is 10.2. The Morgan fingerprint density at radius 1 is 1.21 bits per heavy atom. The molecule has 1 aromatic carbocycles. The van der Waals surface area contributed by atoms with Gasteiger partial charge in [-0.15, -0.1) is 0 Å². The summed E-state index contributed by atoms with van der Waals surface area (Å²) in [6.07, 6.45) is 1.91. The average molecular weight is 258 g/mol. The van der Waals surface area contributed by atoms with Crippen LogP contribution in [0, 0.1) is 0 Å². The molecule has 3 heteroatoms. The third-order valence-electron chi connectivity index (χ3n) is 2.17. The first-order chi connectivity index (χ1) is 6.74. The number of unbranched alkanes of at least 4 members (excludes halogenated alkanes) is 1. The van der Waals surface area contributed by atoms with Crippen molar-refractivity contribution in [3.8, 4) is 0 Å². The molecule has 1 aromatic rings. The lowest BCUT2D eigenvalue weighted by Gasteiger charge is -2.18. The Balaban J connectivity index is 2.43. The summed E-state index contributed by atoms with van der Waals surface area (Å²) >= 11 is 3.41. The minimum Gasteiger partial charge on any atom is -0.396 e. The average Bonchev–Trinajstić information content (AvgIpc) is 2.19. The molecule has 0 spiro atoms. The molecule has 0 unspecified atom stereocenters. The fraction of sp³-hybridized carbons (Fsp3) is 0.455. The van der Waals surface area contributed by atoms with Gasteiger partial charge in [-0.05, 0) is 37.1 Å². The maximum Gasteiger partial charge on any atom is 0.0431 e. The van der Waals surface area contributed by atoms with E-state index < -0.39 is 0 Å². The van der Waals surface area contributed by atoms with E-state index in [1.165, 1.54) is 5.69 Å². The fourth-order valence-electron chi connectivity index (χ4n) is 1.29. The molecule has 0 aliphatic rings. The Hall–Kier alpha value is -0.540. The molecule has 0 atom stereocenters. The van der Waals surface area contributed by atoms with Crippen LogP contribution in [0.15, 0.2) is 28.7 Å². The Labute approximate surface area is 93.7 Å². The number of hydrogen-bond acceptors (Lipinski definition) is 2. The monoisotopic (exact) mass is 257 g/mol. The zero-order chi connectivity index (χ0) is 10.4. The van der Waals surface area contributed by atoms with E-state index in [0.29, 0.717) is 0 Å². The van der Waals surface area contributed by atoms with Crippen LogP contribution in [0.2, 0.25) is 0 Å². The van der Waals surface area contributed by atoms with Crippen molar-refractivity contribution in [3.63, 3.8) is 0 Å². The summed E-state index contributed by atoms with van der Waals surface area (Å²) in [5.74, 6) is 0. The molecule has 0 heterocycles. The lowest BCUT2D eigenvalue weighted by atomic mass is 10.2. The molecule has 14 heavy (non-hydrogen) atoms. The quantitative estimate of drug-likeness (QED) is 0.821. The van der Waals surface area contributed by atoms with Gasteiger partial charge in [0.2, 0.25) is 0 Å². The number of hydrogen-bond donors (Lipinski definition) is 1. The number of aliphatic hydroxyl groups is 1. The summed E-state index contributed by atoms with van der Waals surface area (Å²) in [5.41, 5.74) is 1.21. The Bertz CT molecular complexity index is 260. The van der Waals surface area contributed by atoms with Gasteiger partial charge < -0.3 is 10.0 Å². The van der Waals surface area contributed by atoms with Crippen molar-refractivity contribution in [2.45, 2.75) is 12.8 Å². The molecule has 78 valence electrons. The number of nitrogens with zero attached hydrogens (tertiary/aromatic N) is 1. The standard InChI is InChI=1S/C11H16BrNO/c1-13(8-2-3-9-14)11-6-4-10(12)5-7-11/h4-7,14H,2-3,8-9H2,1H3. The van der Waals surface area contributed by atoms with Gasteiger partial charge >= 0.3 is 0 Å². The highest BCUT2D eigenvalue weighted by molar-refractivity contribution is 9.10. The Kier molecular flexibility index (Phi) is 4.98. The van der Waals surface area contributed by atoms with Gasteiger partial charge in [0.15, 0.2) is 0 Å². The van der Waals surface area contributed by atoms with E-state index in [1.54, 1.807) is 0 Å². The van der Waals surface area contributed by atoms with Gasteiger partial charge in [-0.1, -0.05) is 15.9 Å². The van der Waals surface area contributed by atoms with E-state index in [-0.39, 0.29) is 6.61 Å². The molecule has 0 aliphatic heterocycles. The molecule has 1 rings (SSSR count). The largest absolute Gasteiger partial charge is 0.396 e. The molecule has 0 amide bonds. The van der Waals surface area contributed by atoms with Crippen LogP contribution in [0.1, 0.15) is 12.8 Å². The van der Waals surface area contributed by atoms with E-state index in [0.717, 1.165) is 23.9 Å². The highest BCUT2D eigenvalue weighted by Crippen LogP contribution is 2.17. The molecule has 1 N–H and O–H groups in total. The van der Waals surface area contributed by atoms with E-state index in [9.17, 15) is 0 Å². The molecule has 0 radical (unpaired) electrons. The second-order valence-corrected chi connectivity index (χ2v) is 4.24. The summed E-state index contributed by atoms with van der Waals surface area (Å²) in [6.45, 7) is 1.27. The summed E-state index contributed by atoms with van der Waals surface area (Å²) in [6, 6.07) is 8.25. The van der Waals surface area contributed by atoms with E-state index in [4.69, 9.17) is 5.11 Å². The molecule has 2 nitrogen and oxygen atoms in total. The minimum absolute atomic E-state index is 0.286. The Morgan fingerprint density at radius 3 is 2.43 bits per heavy atom. The van der Waals surface area contributed by atoms with Gasteiger partial charge in [0.25, 0.3) is 0 Å². The molecule has 0 fully saturated rings. The maximum atomic E-state index is 8.66. The molecule has 0 saturated heterocycles. The third-order valence-corrected chi connectivity index (χ3v) is 2.70. The molecule has 0 aromatic heterocycles. The zero-order valence-electron chi connectivity index (χ0n) is 8.41. The zero-order valence-corrected chi connectivity index (χ0v) is 10.00. The molecule has 0 saturated carbocycles. The summed E-state index contributed by atoms with van der Waals surface area (Å²) < 4.78 is 1.10. The number of halogens is 1. The van der Waals surface area contributed by atoms with Crippen molar-refractivity contribution in [2.24, 2.45) is 0 Å². The van der Waals surface area contributed by atoms with Crippen LogP contribution in [0.5, 0.6) is 0 Å². The van der Waals surface area contributed by atoms with Crippen LogP contribution in [-0.4, -0.2) is 25.3 Å². The molecular weight excluding hydrogens is 242 g/mol. The predicted molar refractivity (Wildman–Crippen MR) is 63.7 cm³/mol. The highest BCUT2D eigenvalue weighted by atomic mass is 79.9. The molecule has 0 bridgehead atoms. The highest BCUT2D eigenvalue weighted by Gasteiger charge is 1.99. The van der Waals surface area contributed by atoms with Gasteiger partial charge in [-0.2, -0.15) is 0 Å². The van der Waals surface area contributed by atoms with Crippen molar-refractivity contribution in [2.75, 3.05) is 25.1 Å². The lowest BCUT2D eigenvalue weighted by molar-refractivity contribution is 0.285. The summed E-state index contributed by atoms with van der Waals surface area (Å²) in [4.78, 5) is 2.20. The van der Waals surface area contributed by atoms with Crippen LogP contribution >= 0.6 is 15.9 Å². The third kappa shape index (κ3) is 3.68. The van der Waals surface area contributed by atoms with Crippen LogP contribution in [0.4, 0.5) is 5.69 Å². The smallest absolute Gasteiger partial charge is 0.0431 e. The van der Waals surface area contributed by atoms with E-state index in [1.807, 2.05) is 12.1 Å². The van der Waals surface area contributed by atoms with Crippen LogP contribution in [0.25, 0.3) is 0 Å². The topological polar surface area (TPSA) is 23.5 Å². The number of rotatable bonds is 5. The first-order valence-corrected chi connectivity index (χ1v) is 5.61. The van der Waals surface area contributed by atoms with Crippen molar-refractivity contribution in [1.29, 1.82) is 0 Å². The van der Waals surface area contributed by atoms with Gasteiger partial charge in [0.05, 0.1) is 0 Å². The SMILES string of the molecule is CN(CCCCO)c1ccc(Br)cc1. The first kappa shape index (κ1) is 11.5. The Morgan fingerprint density at radius 2 is 1.86 bits per heavy atom. The van der Waals surface area contributed by atoms with Crippen molar-refractivity contribution >= 4 is 21.6 Å². The molecule has 0 aliphatic carbocycles. The van der Waals surface area contributed by atoms with Gasteiger partial charge in [-0.3, -0.25) is 0 Å². The summed E-state index contributed by atoms with van der Waals surface area (Å²) in [7, 11) is 2.07. The minimum atomic E-state index is 0.286. The number of benzene rings is 1. The van der Waals surface area contributed by atoms with E-state index in [2.05, 4.69) is 40.0 Å². The second-order valence-electron chi connectivity index (χ2n) is 3.33. The molecular formula is C11H16BrNO. The lowest BCUT2D eigenvalue weighted by Crippen LogP contribution is -2.18. The van der Waals surface area contributed by atoms with Crippen molar-refractivity contribution in [1.82, 2.24) is 0 Å². The number of anilines is 1. The van der Waals surface area contributed by atoms with Crippen LogP contribution in [-0.2, 0) is 0 Å². The van der Waals surface area contributed by atoms with Gasteiger partial charge in [-0.25, -0.2) is 0 Å². The summed E-state index contributed by atoms with van der Waals surface area (Å²) in [5, 5.41) is 8.66. The second kappa shape index (κ2) is 6.04. The fourth-order valence-corrected chi connectivity index (χ4v) is 1.55.